The minimum absolute atomic E-state index is 0.226. The summed E-state index contributed by atoms with van der Waals surface area (Å²) in [5.41, 5.74) is 0.422. The molecule has 0 radical (unpaired) electrons. The van der Waals surface area contributed by atoms with Crippen LogP contribution in [0, 0.1) is 0 Å². The summed E-state index contributed by atoms with van der Waals surface area (Å²) in [6, 6.07) is 9.16. The van der Waals surface area contributed by atoms with E-state index in [0.29, 0.717) is 26.1 Å². The maximum atomic E-state index is 12.6. The number of esters is 1. The lowest BCUT2D eigenvalue weighted by Crippen LogP contribution is -2.56. The number of likely N-dealkylation sites (tertiary alicyclic amines) is 1. The summed E-state index contributed by atoms with van der Waals surface area (Å²) in [5.74, 6) is -2.03. The number of rotatable bonds is 8. The molecule has 0 bridgehead atoms. The highest BCUT2D eigenvalue weighted by molar-refractivity contribution is 6.24. The van der Waals surface area contributed by atoms with Crippen LogP contribution in [0.4, 0.5) is 0 Å². The molecule has 2 saturated heterocycles. The second-order valence-corrected chi connectivity index (χ2v) is 8.92. The fraction of sp³-hybridized carbons (Fsp3) is 0.462. The Kier molecular flexibility index (Phi) is 8.44. The first-order valence-corrected chi connectivity index (χ1v) is 12.2. The van der Waals surface area contributed by atoms with E-state index in [9.17, 15) is 19.2 Å². The highest BCUT2D eigenvalue weighted by atomic mass is 16.7. The average molecular weight is 482 g/mol. The number of amides is 1. The molecule has 1 aromatic rings. The Morgan fingerprint density at radius 2 is 1.77 bits per heavy atom. The Morgan fingerprint density at radius 1 is 1.00 bits per heavy atom. The maximum absolute atomic E-state index is 12.6. The summed E-state index contributed by atoms with van der Waals surface area (Å²) in [5, 5.41) is 1.33. The molecule has 0 spiro atoms. The largest absolute Gasteiger partial charge is 0.439 e. The third kappa shape index (κ3) is 6.86. The van der Waals surface area contributed by atoms with E-state index in [1.165, 1.54) is 11.1 Å². The average Bonchev–Trinajstić information content (AvgIpc) is 3.40. The van der Waals surface area contributed by atoms with Gasteiger partial charge in [0.2, 0.25) is 5.91 Å². The predicted octanol–water partition coefficient (Wildman–Crippen LogP) is 1.95. The van der Waals surface area contributed by atoms with Crippen LogP contribution in [-0.2, 0) is 28.8 Å². The van der Waals surface area contributed by atoms with Crippen molar-refractivity contribution < 1.29 is 28.8 Å². The Bertz CT molecular complexity index is 1000. The number of hydrogen-bond donors (Lipinski definition) is 0. The number of ether oxygens (including phenoxy) is 1. The molecule has 186 valence electrons. The number of fused-ring (bicyclic) bond motifs is 1. The van der Waals surface area contributed by atoms with Crippen LogP contribution in [0.15, 0.2) is 48.1 Å². The molecule has 1 amide bonds. The maximum Gasteiger partial charge on any atom is 0.361 e. The standard InChI is InChI=1S/C26H31N3O6/c30-22(12-11-20-8-2-1-3-9-20)21-18-25(32)34-24-19-27(16-17-29(24)35-26(21)33)13-5-4-10-23(31)28-14-6-7-15-28/h1-3,8-9,11-12,18,24H,4-7,10,13-17,19H2/b12-11+,21-18-. The van der Waals surface area contributed by atoms with Gasteiger partial charge >= 0.3 is 11.9 Å². The minimum atomic E-state index is -0.872. The van der Waals surface area contributed by atoms with Gasteiger partial charge in [0.25, 0.3) is 0 Å². The van der Waals surface area contributed by atoms with Crippen molar-refractivity contribution in [1.29, 1.82) is 0 Å². The van der Waals surface area contributed by atoms with Crippen molar-refractivity contribution in [3.8, 4) is 0 Å². The van der Waals surface area contributed by atoms with Gasteiger partial charge in [0, 0.05) is 32.1 Å². The number of nitrogens with zero attached hydrogens (tertiary/aromatic N) is 3. The van der Waals surface area contributed by atoms with Gasteiger partial charge in [0.1, 0.15) is 5.57 Å². The SMILES string of the molecule is O=C1/C=C(/C(=O)/C=C/c2ccccc2)C(=O)ON2CCN(CCCCC(=O)N3CCCC3)CC2O1. The molecule has 1 atom stereocenters. The Balaban J connectivity index is 1.28. The van der Waals surface area contributed by atoms with E-state index in [2.05, 4.69) is 4.90 Å². The third-order valence-corrected chi connectivity index (χ3v) is 6.37. The van der Waals surface area contributed by atoms with Crippen LogP contribution in [0.25, 0.3) is 6.08 Å². The second-order valence-electron chi connectivity index (χ2n) is 8.92. The van der Waals surface area contributed by atoms with Gasteiger partial charge in [-0.15, -0.1) is 0 Å². The first-order chi connectivity index (χ1) is 17.0. The molecule has 1 aromatic carbocycles. The molecule has 1 unspecified atom stereocenters. The monoisotopic (exact) mass is 481 g/mol. The first-order valence-electron chi connectivity index (χ1n) is 12.2. The van der Waals surface area contributed by atoms with Crippen LogP contribution >= 0.6 is 0 Å². The number of allylic oxidation sites excluding steroid dienone is 1. The van der Waals surface area contributed by atoms with Crippen molar-refractivity contribution in [3.05, 3.63) is 53.6 Å². The highest BCUT2D eigenvalue weighted by Crippen LogP contribution is 2.19. The fourth-order valence-corrected chi connectivity index (χ4v) is 4.43. The van der Waals surface area contributed by atoms with Gasteiger partial charge in [-0.1, -0.05) is 41.5 Å². The van der Waals surface area contributed by atoms with Crippen LogP contribution in [0.3, 0.4) is 0 Å². The molecule has 0 saturated carbocycles. The van der Waals surface area contributed by atoms with E-state index in [1.54, 1.807) is 6.08 Å². The molecule has 9 nitrogen and oxygen atoms in total. The summed E-state index contributed by atoms with van der Waals surface area (Å²) in [6.07, 6.45) is 7.36. The number of unbranched alkanes of at least 4 members (excludes halogenated alkanes) is 1. The topological polar surface area (TPSA) is 96.5 Å². The zero-order valence-corrected chi connectivity index (χ0v) is 19.8. The number of carbonyl (C=O) groups excluding carboxylic acids is 4. The molecule has 3 aliphatic heterocycles. The second kappa shape index (κ2) is 11.9. The van der Waals surface area contributed by atoms with E-state index < -0.39 is 23.9 Å². The minimum Gasteiger partial charge on any atom is -0.439 e. The molecule has 3 heterocycles. The number of ketones is 1. The Morgan fingerprint density at radius 3 is 2.54 bits per heavy atom. The van der Waals surface area contributed by atoms with Crippen LogP contribution in [0.5, 0.6) is 0 Å². The Labute approximate surface area is 204 Å². The molecule has 9 heteroatoms. The predicted molar refractivity (Wildman–Crippen MR) is 127 cm³/mol. The lowest BCUT2D eigenvalue weighted by atomic mass is 10.1. The van der Waals surface area contributed by atoms with Crippen molar-refractivity contribution in [1.82, 2.24) is 14.9 Å². The van der Waals surface area contributed by atoms with Crippen molar-refractivity contribution in [2.24, 2.45) is 0 Å². The summed E-state index contributed by atoms with van der Waals surface area (Å²) in [7, 11) is 0. The summed E-state index contributed by atoms with van der Waals surface area (Å²) >= 11 is 0. The van der Waals surface area contributed by atoms with Crippen molar-refractivity contribution in [2.75, 3.05) is 39.3 Å². The molecule has 4 rings (SSSR count). The van der Waals surface area contributed by atoms with Gasteiger partial charge < -0.3 is 14.5 Å². The molecule has 35 heavy (non-hydrogen) atoms. The lowest BCUT2D eigenvalue weighted by Gasteiger charge is -2.39. The van der Waals surface area contributed by atoms with Gasteiger partial charge in [0.05, 0.1) is 13.1 Å². The van der Waals surface area contributed by atoms with Crippen LogP contribution in [0.1, 0.15) is 37.7 Å². The quantitative estimate of drug-likeness (QED) is 0.241. The normalized spacial score (nSPS) is 23.1. The molecule has 0 aromatic heterocycles. The van der Waals surface area contributed by atoms with E-state index in [-0.39, 0.29) is 11.5 Å². The van der Waals surface area contributed by atoms with Gasteiger partial charge in [-0.25, -0.2) is 9.59 Å². The van der Waals surface area contributed by atoms with Crippen molar-refractivity contribution in [3.63, 3.8) is 0 Å². The number of hydroxylamine groups is 2. The zero-order valence-electron chi connectivity index (χ0n) is 19.8. The smallest absolute Gasteiger partial charge is 0.361 e. The summed E-state index contributed by atoms with van der Waals surface area (Å²) in [6.45, 7) is 3.84. The van der Waals surface area contributed by atoms with E-state index >= 15 is 0 Å². The summed E-state index contributed by atoms with van der Waals surface area (Å²) in [4.78, 5) is 59.3. The van der Waals surface area contributed by atoms with Crippen LogP contribution < -0.4 is 0 Å². The molecule has 2 fully saturated rings. The van der Waals surface area contributed by atoms with Gasteiger partial charge in [0.15, 0.2) is 12.0 Å². The van der Waals surface area contributed by atoms with Gasteiger partial charge in [-0.2, -0.15) is 0 Å². The fourth-order valence-electron chi connectivity index (χ4n) is 4.43. The Hall–Kier alpha value is -3.30. The van der Waals surface area contributed by atoms with E-state index in [1.807, 2.05) is 35.2 Å². The highest BCUT2D eigenvalue weighted by Gasteiger charge is 2.36. The van der Waals surface area contributed by atoms with Gasteiger partial charge in [-0.05, 0) is 43.9 Å². The zero-order chi connectivity index (χ0) is 24.6. The summed E-state index contributed by atoms with van der Waals surface area (Å²) < 4.78 is 5.48. The number of carbonyl (C=O) groups is 4. The van der Waals surface area contributed by atoms with E-state index in [0.717, 1.165) is 57.0 Å². The van der Waals surface area contributed by atoms with Crippen LogP contribution in [-0.4, -0.2) is 84.0 Å². The molecule has 3 aliphatic rings. The van der Waals surface area contributed by atoms with Crippen molar-refractivity contribution in [2.45, 2.75) is 38.3 Å². The molecule has 0 aliphatic carbocycles. The van der Waals surface area contributed by atoms with Crippen molar-refractivity contribution >= 4 is 29.7 Å². The van der Waals surface area contributed by atoms with E-state index in [4.69, 9.17) is 9.57 Å². The molecular weight excluding hydrogens is 450 g/mol. The van der Waals surface area contributed by atoms with Crippen LogP contribution in [0.2, 0.25) is 0 Å². The number of piperazine rings is 1. The van der Waals surface area contributed by atoms with Gasteiger partial charge in [-0.3, -0.25) is 14.5 Å². The molecule has 0 N–H and O–H groups in total. The molecular formula is C26H31N3O6. The number of hydrogen-bond acceptors (Lipinski definition) is 8. The lowest BCUT2D eigenvalue weighted by molar-refractivity contribution is -0.253. The first kappa shape index (κ1) is 24.8. The third-order valence-electron chi connectivity index (χ3n) is 6.37. The number of benzene rings is 1.